The van der Waals surface area contributed by atoms with Crippen molar-refractivity contribution in [3.63, 3.8) is 0 Å². The van der Waals surface area contributed by atoms with Crippen LogP contribution in [0.4, 0.5) is 0 Å². The van der Waals surface area contributed by atoms with E-state index in [9.17, 15) is 0 Å². The molecular weight excluding hydrogens is 284 g/mol. The Balaban J connectivity index is 2.75. The second-order valence-electron chi connectivity index (χ2n) is 2.52. The molecule has 0 spiro atoms. The van der Waals surface area contributed by atoms with Crippen molar-refractivity contribution in [3.8, 4) is 0 Å². The fourth-order valence-corrected chi connectivity index (χ4v) is 1.68. The van der Waals surface area contributed by atoms with Crippen molar-refractivity contribution >= 4 is 34.2 Å². The van der Waals surface area contributed by atoms with Crippen molar-refractivity contribution < 1.29 is 0 Å². The van der Waals surface area contributed by atoms with E-state index >= 15 is 0 Å². The lowest BCUT2D eigenvalue weighted by Crippen LogP contribution is -2.12. The van der Waals surface area contributed by atoms with Crippen molar-refractivity contribution in [3.05, 3.63) is 32.4 Å². The topological polar surface area (TPSA) is 12.0 Å². The fraction of sp³-hybridized carbons (Fsp3) is 0.333. The highest BCUT2D eigenvalue weighted by Crippen LogP contribution is 2.18. The summed E-state index contributed by atoms with van der Waals surface area (Å²) in [6.07, 6.45) is 0. The summed E-state index contributed by atoms with van der Waals surface area (Å²) >= 11 is 8.28. The van der Waals surface area contributed by atoms with Crippen molar-refractivity contribution in [1.82, 2.24) is 5.32 Å². The third-order valence-corrected chi connectivity index (χ3v) is 2.61. The first kappa shape index (κ1) is 10.3. The molecule has 0 atom stereocenters. The molecule has 0 aliphatic rings. The first-order chi connectivity index (χ1) is 5.74. The van der Waals surface area contributed by atoms with Crippen molar-refractivity contribution in [2.45, 2.75) is 13.5 Å². The SMILES string of the molecule is CCNCc1cc(I)ccc1Cl. The zero-order valence-electron chi connectivity index (χ0n) is 6.90. The molecule has 0 heterocycles. The molecule has 3 heteroatoms. The third kappa shape index (κ3) is 2.92. The molecule has 0 fully saturated rings. The fourth-order valence-electron chi connectivity index (χ4n) is 0.938. The highest BCUT2D eigenvalue weighted by molar-refractivity contribution is 14.1. The van der Waals surface area contributed by atoms with E-state index in [0.717, 1.165) is 18.1 Å². The molecule has 12 heavy (non-hydrogen) atoms. The zero-order valence-corrected chi connectivity index (χ0v) is 9.82. The van der Waals surface area contributed by atoms with Crippen LogP contribution in [0, 0.1) is 3.57 Å². The molecule has 1 aromatic rings. The van der Waals surface area contributed by atoms with Gasteiger partial charge in [-0.25, -0.2) is 0 Å². The zero-order chi connectivity index (χ0) is 8.97. The van der Waals surface area contributed by atoms with Gasteiger partial charge in [0.2, 0.25) is 0 Å². The number of benzene rings is 1. The normalized spacial score (nSPS) is 10.2. The minimum atomic E-state index is 0.844. The van der Waals surface area contributed by atoms with Gasteiger partial charge in [0.05, 0.1) is 0 Å². The van der Waals surface area contributed by atoms with Crippen LogP contribution in [-0.2, 0) is 6.54 Å². The molecule has 0 saturated carbocycles. The van der Waals surface area contributed by atoms with Crippen LogP contribution in [0.3, 0.4) is 0 Å². The van der Waals surface area contributed by atoms with Crippen molar-refractivity contribution in [2.24, 2.45) is 0 Å². The first-order valence-electron chi connectivity index (χ1n) is 3.88. The number of hydrogen-bond donors (Lipinski definition) is 1. The summed E-state index contributed by atoms with van der Waals surface area (Å²) in [5.74, 6) is 0. The monoisotopic (exact) mass is 295 g/mol. The summed E-state index contributed by atoms with van der Waals surface area (Å²) in [7, 11) is 0. The Hall–Kier alpha value is 0.200. The molecule has 1 aromatic carbocycles. The molecule has 0 aliphatic heterocycles. The Morgan fingerprint density at radius 2 is 2.25 bits per heavy atom. The minimum Gasteiger partial charge on any atom is -0.313 e. The van der Waals surface area contributed by atoms with Crippen LogP contribution in [0.5, 0.6) is 0 Å². The Bertz CT molecular complexity index is 263. The van der Waals surface area contributed by atoms with Crippen molar-refractivity contribution in [2.75, 3.05) is 6.54 Å². The van der Waals surface area contributed by atoms with Gasteiger partial charge in [-0.15, -0.1) is 0 Å². The van der Waals surface area contributed by atoms with E-state index in [2.05, 4.69) is 40.9 Å². The predicted octanol–water partition coefficient (Wildman–Crippen LogP) is 3.05. The van der Waals surface area contributed by atoms with Gasteiger partial charge in [-0.3, -0.25) is 0 Å². The van der Waals surface area contributed by atoms with E-state index in [1.54, 1.807) is 0 Å². The molecule has 1 rings (SSSR count). The van der Waals surface area contributed by atoms with Crippen LogP contribution in [0.2, 0.25) is 5.02 Å². The van der Waals surface area contributed by atoms with Gasteiger partial charge in [0.15, 0.2) is 0 Å². The molecule has 0 radical (unpaired) electrons. The van der Waals surface area contributed by atoms with E-state index in [1.807, 2.05) is 12.1 Å². The highest BCUT2D eigenvalue weighted by atomic mass is 127. The Morgan fingerprint density at radius 1 is 1.50 bits per heavy atom. The number of rotatable bonds is 3. The predicted molar refractivity (Wildman–Crippen MR) is 61.5 cm³/mol. The van der Waals surface area contributed by atoms with E-state index in [-0.39, 0.29) is 0 Å². The Morgan fingerprint density at radius 3 is 2.92 bits per heavy atom. The molecule has 0 bridgehead atoms. The lowest BCUT2D eigenvalue weighted by Gasteiger charge is -2.04. The van der Waals surface area contributed by atoms with Crippen LogP contribution in [0.1, 0.15) is 12.5 Å². The molecule has 0 amide bonds. The smallest absolute Gasteiger partial charge is 0.0451 e. The van der Waals surface area contributed by atoms with Gasteiger partial charge in [-0.05, 0) is 52.9 Å². The maximum atomic E-state index is 5.99. The van der Waals surface area contributed by atoms with Gasteiger partial charge in [0, 0.05) is 15.1 Å². The molecular formula is C9H11ClIN. The van der Waals surface area contributed by atoms with Crippen molar-refractivity contribution in [1.29, 1.82) is 0 Å². The van der Waals surface area contributed by atoms with E-state index in [1.165, 1.54) is 9.13 Å². The second-order valence-corrected chi connectivity index (χ2v) is 4.17. The number of nitrogens with one attached hydrogen (secondary N) is 1. The Kier molecular flexibility index (Phi) is 4.32. The maximum absolute atomic E-state index is 5.99. The van der Waals surface area contributed by atoms with Gasteiger partial charge >= 0.3 is 0 Å². The lowest BCUT2D eigenvalue weighted by atomic mass is 10.2. The van der Waals surface area contributed by atoms with E-state index in [4.69, 9.17) is 11.6 Å². The molecule has 66 valence electrons. The average Bonchev–Trinajstić information content (AvgIpc) is 2.07. The molecule has 0 aliphatic carbocycles. The average molecular weight is 296 g/mol. The van der Waals surface area contributed by atoms with Crippen LogP contribution >= 0.6 is 34.2 Å². The molecule has 1 nitrogen and oxygen atoms in total. The number of hydrogen-bond acceptors (Lipinski definition) is 1. The highest BCUT2D eigenvalue weighted by Gasteiger charge is 1.99. The summed E-state index contributed by atoms with van der Waals surface area (Å²) in [6, 6.07) is 6.06. The summed E-state index contributed by atoms with van der Waals surface area (Å²) in [5.41, 5.74) is 1.17. The van der Waals surface area contributed by atoms with Crippen LogP contribution < -0.4 is 5.32 Å². The van der Waals surface area contributed by atoms with Gasteiger partial charge in [0.25, 0.3) is 0 Å². The third-order valence-electron chi connectivity index (χ3n) is 1.57. The standard InChI is InChI=1S/C9H11ClIN/c1-2-12-6-7-5-8(11)3-4-9(7)10/h3-5,12H,2,6H2,1H3. The summed E-state index contributed by atoms with van der Waals surface area (Å²) < 4.78 is 1.23. The quantitative estimate of drug-likeness (QED) is 0.845. The molecule has 0 unspecified atom stereocenters. The summed E-state index contributed by atoms with van der Waals surface area (Å²) in [5, 5.41) is 4.09. The summed E-state index contributed by atoms with van der Waals surface area (Å²) in [6.45, 7) is 3.91. The molecule has 0 saturated heterocycles. The van der Waals surface area contributed by atoms with E-state index < -0.39 is 0 Å². The van der Waals surface area contributed by atoms with Gasteiger partial charge in [0.1, 0.15) is 0 Å². The minimum absolute atomic E-state index is 0.844. The molecule has 0 aromatic heterocycles. The van der Waals surface area contributed by atoms with Gasteiger partial charge < -0.3 is 5.32 Å². The summed E-state index contributed by atoms with van der Waals surface area (Å²) in [4.78, 5) is 0. The first-order valence-corrected chi connectivity index (χ1v) is 5.34. The lowest BCUT2D eigenvalue weighted by molar-refractivity contribution is 0.726. The second kappa shape index (κ2) is 5.04. The van der Waals surface area contributed by atoms with Crippen LogP contribution in [0.15, 0.2) is 18.2 Å². The number of halogens is 2. The van der Waals surface area contributed by atoms with Gasteiger partial charge in [-0.2, -0.15) is 0 Å². The van der Waals surface area contributed by atoms with E-state index in [0.29, 0.717) is 0 Å². The maximum Gasteiger partial charge on any atom is 0.0451 e. The van der Waals surface area contributed by atoms with Crippen LogP contribution in [-0.4, -0.2) is 6.54 Å². The van der Waals surface area contributed by atoms with Gasteiger partial charge in [-0.1, -0.05) is 18.5 Å². The largest absolute Gasteiger partial charge is 0.313 e. The molecule has 1 N–H and O–H groups in total. The van der Waals surface area contributed by atoms with Crippen LogP contribution in [0.25, 0.3) is 0 Å². The Labute approximate surface area is 91.6 Å².